The van der Waals surface area contributed by atoms with Crippen molar-refractivity contribution in [3.8, 4) is 5.69 Å². The summed E-state index contributed by atoms with van der Waals surface area (Å²) in [7, 11) is 0. The van der Waals surface area contributed by atoms with Crippen LogP contribution >= 0.6 is 11.6 Å². The van der Waals surface area contributed by atoms with Crippen molar-refractivity contribution in [3.05, 3.63) is 68.7 Å². The molecule has 1 atom stereocenters. The maximum Gasteiger partial charge on any atom is 0.282 e. The number of halogens is 1. The predicted octanol–water partition coefficient (Wildman–Crippen LogP) is 6.75. The molecule has 0 amide bonds. The van der Waals surface area contributed by atoms with Crippen LogP contribution in [0.1, 0.15) is 82.7 Å². The molecular weight excluding hydrogens is 380 g/mol. The number of hydrogen-bond donors (Lipinski definition) is 0. The Bertz CT molecular complexity index is 1130. The first-order chi connectivity index (χ1) is 14.0. The second kappa shape index (κ2) is 7.60. The van der Waals surface area contributed by atoms with Gasteiger partial charge in [0.2, 0.25) is 0 Å². The third-order valence-electron chi connectivity index (χ3n) is 6.67. The molecule has 2 aromatic carbocycles. The first kappa shape index (κ1) is 20.2. The largest absolute Gasteiger partial charge is 0.296 e. The highest BCUT2D eigenvalue weighted by Crippen LogP contribution is 2.46. The third kappa shape index (κ3) is 3.02. The van der Waals surface area contributed by atoms with Crippen LogP contribution in [-0.2, 0) is 5.41 Å². The fourth-order valence-corrected chi connectivity index (χ4v) is 5.19. The summed E-state index contributed by atoms with van der Waals surface area (Å²) in [5.74, 6) is 1.39. The Balaban J connectivity index is 2.04. The molecule has 29 heavy (non-hydrogen) atoms. The molecule has 0 fully saturated rings. The molecule has 0 aliphatic carbocycles. The Hall–Kier alpha value is -2.13. The van der Waals surface area contributed by atoms with Gasteiger partial charge in [0.05, 0.1) is 27.0 Å². The lowest BCUT2D eigenvalue weighted by Gasteiger charge is -2.23. The number of rotatable bonds is 6. The molecule has 4 rings (SSSR count). The van der Waals surface area contributed by atoms with Gasteiger partial charge in [0.1, 0.15) is 5.82 Å². The smallest absolute Gasteiger partial charge is 0.282 e. The summed E-state index contributed by atoms with van der Waals surface area (Å²) in [5, 5.41) is 0.973. The number of aromatic nitrogens is 2. The molecule has 0 spiro atoms. The number of hydrogen-bond acceptors (Lipinski definition) is 2. The normalized spacial score (nSPS) is 17.7. The highest BCUT2D eigenvalue weighted by atomic mass is 35.5. The van der Waals surface area contributed by atoms with E-state index >= 15 is 0 Å². The zero-order valence-corrected chi connectivity index (χ0v) is 18.5. The summed E-state index contributed by atoms with van der Waals surface area (Å²) in [5.41, 5.74) is 4.11. The Morgan fingerprint density at radius 3 is 2.48 bits per heavy atom. The van der Waals surface area contributed by atoms with Crippen LogP contribution in [0.25, 0.3) is 16.6 Å². The number of fused-ring (bicyclic) bond motifs is 5. The van der Waals surface area contributed by atoms with Crippen molar-refractivity contribution in [2.45, 2.75) is 71.1 Å². The molecule has 0 bridgehead atoms. The second-order valence-electron chi connectivity index (χ2n) is 8.45. The zero-order chi connectivity index (χ0) is 20.8. The van der Waals surface area contributed by atoms with E-state index in [4.69, 9.17) is 11.6 Å². The first-order valence-corrected chi connectivity index (χ1v) is 11.2. The van der Waals surface area contributed by atoms with Crippen LogP contribution < -0.4 is 5.56 Å². The quantitative estimate of drug-likeness (QED) is 0.452. The van der Waals surface area contributed by atoms with Crippen LogP contribution in [0.15, 0.2) is 41.2 Å². The average molecular weight is 409 g/mol. The maximum atomic E-state index is 12.9. The standard InChI is InChI=1S/C25H29ClN2O/c1-5-9-16(10-6-2)17-13-14-18-21(15-17)28-20-12-8-11-19(26)22(20)23(29)27-24(28)25(18,4)7-3/h8,11-16H,5-7,9-10H2,1-4H3. The van der Waals surface area contributed by atoms with Gasteiger partial charge in [-0.1, -0.05) is 63.4 Å². The highest BCUT2D eigenvalue weighted by molar-refractivity contribution is 6.35. The van der Waals surface area contributed by atoms with E-state index in [-0.39, 0.29) is 11.0 Å². The minimum absolute atomic E-state index is 0.237. The van der Waals surface area contributed by atoms with E-state index < -0.39 is 0 Å². The van der Waals surface area contributed by atoms with E-state index in [1.807, 2.05) is 12.1 Å². The van der Waals surface area contributed by atoms with Crippen LogP contribution in [0.2, 0.25) is 5.02 Å². The Kier molecular flexibility index (Phi) is 5.29. The maximum absolute atomic E-state index is 12.9. The van der Waals surface area contributed by atoms with Gasteiger partial charge in [0, 0.05) is 0 Å². The molecule has 0 N–H and O–H groups in total. The van der Waals surface area contributed by atoms with E-state index in [9.17, 15) is 4.79 Å². The highest BCUT2D eigenvalue weighted by Gasteiger charge is 2.41. The monoisotopic (exact) mass is 408 g/mol. The van der Waals surface area contributed by atoms with Gasteiger partial charge in [-0.05, 0) is 61.4 Å². The summed E-state index contributed by atoms with van der Waals surface area (Å²) >= 11 is 6.41. The Morgan fingerprint density at radius 1 is 1.10 bits per heavy atom. The van der Waals surface area contributed by atoms with E-state index in [1.54, 1.807) is 6.07 Å². The minimum atomic E-state index is -0.283. The lowest BCUT2D eigenvalue weighted by Crippen LogP contribution is -2.26. The molecule has 0 saturated carbocycles. The first-order valence-electron chi connectivity index (χ1n) is 10.8. The van der Waals surface area contributed by atoms with Crippen molar-refractivity contribution < 1.29 is 0 Å². The molecule has 0 saturated heterocycles. The van der Waals surface area contributed by atoms with Gasteiger partial charge in [-0.15, -0.1) is 0 Å². The molecule has 1 unspecified atom stereocenters. The van der Waals surface area contributed by atoms with Gasteiger partial charge in [-0.2, -0.15) is 4.98 Å². The van der Waals surface area contributed by atoms with Gasteiger partial charge in [0.25, 0.3) is 5.56 Å². The van der Waals surface area contributed by atoms with Crippen LogP contribution in [0.3, 0.4) is 0 Å². The summed E-state index contributed by atoms with van der Waals surface area (Å²) < 4.78 is 2.18. The summed E-state index contributed by atoms with van der Waals surface area (Å²) in [4.78, 5) is 17.4. The summed E-state index contributed by atoms with van der Waals surface area (Å²) in [6.45, 7) is 8.87. The van der Waals surface area contributed by atoms with Crippen LogP contribution in [0.4, 0.5) is 0 Å². The van der Waals surface area contributed by atoms with Crippen LogP contribution in [0.5, 0.6) is 0 Å². The molecule has 4 heteroatoms. The van der Waals surface area contributed by atoms with Crippen LogP contribution in [-0.4, -0.2) is 9.55 Å². The van der Waals surface area contributed by atoms with E-state index in [2.05, 4.69) is 55.4 Å². The second-order valence-corrected chi connectivity index (χ2v) is 8.85. The van der Waals surface area contributed by atoms with Crippen molar-refractivity contribution in [1.82, 2.24) is 9.55 Å². The summed E-state index contributed by atoms with van der Waals surface area (Å²) in [6.07, 6.45) is 5.62. The SMILES string of the molecule is CCCC(CCC)c1ccc2c(c1)-n1c(nc(=O)c3c(Cl)cccc31)C2(C)CC. The number of nitrogens with zero attached hydrogens (tertiary/aromatic N) is 2. The van der Waals surface area contributed by atoms with Gasteiger partial charge >= 0.3 is 0 Å². The lowest BCUT2D eigenvalue weighted by atomic mass is 9.79. The van der Waals surface area contributed by atoms with E-state index in [0.29, 0.717) is 16.3 Å². The zero-order valence-electron chi connectivity index (χ0n) is 17.8. The van der Waals surface area contributed by atoms with Gasteiger partial charge in [-0.3, -0.25) is 9.36 Å². The fourth-order valence-electron chi connectivity index (χ4n) is 4.94. The van der Waals surface area contributed by atoms with Crippen molar-refractivity contribution in [1.29, 1.82) is 0 Å². The van der Waals surface area contributed by atoms with Gasteiger partial charge in [0.15, 0.2) is 0 Å². The molecule has 3 nitrogen and oxygen atoms in total. The van der Waals surface area contributed by atoms with E-state index in [1.165, 1.54) is 36.8 Å². The van der Waals surface area contributed by atoms with Crippen molar-refractivity contribution in [3.63, 3.8) is 0 Å². The molecule has 2 heterocycles. The van der Waals surface area contributed by atoms with Gasteiger partial charge in [-0.25, -0.2) is 0 Å². The van der Waals surface area contributed by atoms with Crippen molar-refractivity contribution in [2.75, 3.05) is 0 Å². The summed E-state index contributed by atoms with van der Waals surface area (Å²) in [6, 6.07) is 12.6. The predicted molar refractivity (Wildman–Crippen MR) is 122 cm³/mol. The molecule has 1 aliphatic heterocycles. The van der Waals surface area contributed by atoms with Crippen molar-refractivity contribution in [2.24, 2.45) is 0 Å². The fraction of sp³-hybridized carbons (Fsp3) is 0.440. The van der Waals surface area contributed by atoms with Crippen LogP contribution in [0, 0.1) is 0 Å². The lowest BCUT2D eigenvalue weighted by molar-refractivity contribution is 0.529. The molecular formula is C25H29ClN2O. The molecule has 0 radical (unpaired) electrons. The molecule has 3 aromatic rings. The Labute approximate surface area is 177 Å². The molecule has 152 valence electrons. The van der Waals surface area contributed by atoms with Crippen molar-refractivity contribution >= 4 is 22.5 Å². The topological polar surface area (TPSA) is 34.9 Å². The average Bonchev–Trinajstić information content (AvgIpc) is 2.96. The van der Waals surface area contributed by atoms with E-state index in [0.717, 1.165) is 23.4 Å². The molecule has 1 aromatic heterocycles. The molecule has 1 aliphatic rings. The Morgan fingerprint density at radius 2 is 1.83 bits per heavy atom. The van der Waals surface area contributed by atoms with Gasteiger partial charge < -0.3 is 0 Å². The third-order valence-corrected chi connectivity index (χ3v) is 6.98. The minimum Gasteiger partial charge on any atom is -0.296 e. The number of benzene rings is 2.